The lowest BCUT2D eigenvalue weighted by Gasteiger charge is -2.63. The summed E-state index contributed by atoms with van der Waals surface area (Å²) in [5, 5.41) is 21.6. The van der Waals surface area contributed by atoms with E-state index in [1.54, 1.807) is 6.92 Å². The maximum atomic E-state index is 13.1. The summed E-state index contributed by atoms with van der Waals surface area (Å²) < 4.78 is 6.33. The zero-order valence-corrected chi connectivity index (χ0v) is 15.7. The molecule has 2 saturated carbocycles. The molecule has 0 aromatic carbocycles. The van der Waals surface area contributed by atoms with Crippen molar-refractivity contribution in [3.63, 3.8) is 0 Å². The van der Waals surface area contributed by atoms with Crippen LogP contribution in [0.5, 0.6) is 0 Å². The predicted molar refractivity (Wildman–Crippen MR) is 92.5 cm³/mol. The van der Waals surface area contributed by atoms with Crippen LogP contribution >= 0.6 is 0 Å². The molecular formula is C20H32O4. The molecule has 0 aromatic rings. The number of rotatable bonds is 2. The summed E-state index contributed by atoms with van der Waals surface area (Å²) in [6.07, 6.45) is 2.29. The normalized spacial score (nSPS) is 48.5. The van der Waals surface area contributed by atoms with Crippen LogP contribution in [-0.4, -0.2) is 39.4 Å². The van der Waals surface area contributed by atoms with E-state index < -0.39 is 22.7 Å². The number of fused-ring (bicyclic) bond motifs is 3. The topological polar surface area (TPSA) is 66.8 Å². The third kappa shape index (κ3) is 2.06. The smallest absolute Gasteiger partial charge is 0.142 e. The molecule has 4 heteroatoms. The summed E-state index contributed by atoms with van der Waals surface area (Å²) in [6.45, 7) is 13.9. The number of hydrogen-bond donors (Lipinski definition) is 2. The first-order chi connectivity index (χ1) is 10.9. The van der Waals surface area contributed by atoms with Gasteiger partial charge >= 0.3 is 0 Å². The molecule has 2 N–H and O–H groups in total. The molecule has 1 heterocycles. The van der Waals surface area contributed by atoms with Gasteiger partial charge in [-0.3, -0.25) is 4.79 Å². The maximum absolute atomic E-state index is 13.1. The Morgan fingerprint density at radius 1 is 1.25 bits per heavy atom. The third-order valence-corrected chi connectivity index (χ3v) is 7.76. The number of carbonyl (C=O) groups excluding carboxylic acids is 1. The summed E-state index contributed by atoms with van der Waals surface area (Å²) in [6, 6.07) is 0. The van der Waals surface area contributed by atoms with Crippen LogP contribution in [0.25, 0.3) is 0 Å². The molecule has 0 bridgehead atoms. The number of hydrogen-bond acceptors (Lipinski definition) is 4. The Labute approximate surface area is 145 Å². The van der Waals surface area contributed by atoms with Crippen LogP contribution in [0.15, 0.2) is 12.2 Å². The van der Waals surface area contributed by atoms with E-state index in [0.29, 0.717) is 24.8 Å². The second kappa shape index (κ2) is 5.15. The summed E-state index contributed by atoms with van der Waals surface area (Å²) in [5.74, 6) is 0.100. The fourth-order valence-electron chi connectivity index (χ4n) is 5.83. The molecule has 1 aliphatic heterocycles. The molecule has 0 radical (unpaired) electrons. The standard InChI is InChI=1S/C20H32O4/c1-12(13(2)21)14-11-15-18(5,24-14)9-10-20(23)17(3,4)8-7-16(22)19(15,20)6/h13-15,21,23H,1,7-11H2,2-6H3/t13-,14+,15+,18-,19+,20-/m1/s1. The average molecular weight is 336 g/mol. The minimum absolute atomic E-state index is 0.0590. The van der Waals surface area contributed by atoms with Crippen LogP contribution < -0.4 is 0 Å². The first kappa shape index (κ1) is 18.1. The van der Waals surface area contributed by atoms with Crippen LogP contribution in [0, 0.1) is 16.7 Å². The van der Waals surface area contributed by atoms with Gasteiger partial charge in [-0.15, -0.1) is 0 Å². The fourth-order valence-corrected chi connectivity index (χ4v) is 5.83. The molecule has 24 heavy (non-hydrogen) atoms. The lowest BCUT2D eigenvalue weighted by atomic mass is 9.42. The van der Waals surface area contributed by atoms with E-state index in [0.717, 1.165) is 12.8 Å². The Kier molecular flexibility index (Phi) is 3.88. The molecule has 0 amide bonds. The van der Waals surface area contributed by atoms with E-state index in [-0.39, 0.29) is 23.2 Å². The number of aliphatic hydroxyl groups excluding tert-OH is 1. The van der Waals surface area contributed by atoms with Crippen LogP contribution in [0.3, 0.4) is 0 Å². The Morgan fingerprint density at radius 3 is 2.46 bits per heavy atom. The van der Waals surface area contributed by atoms with E-state index in [1.807, 2.05) is 6.92 Å². The van der Waals surface area contributed by atoms with Crippen LogP contribution in [0.1, 0.15) is 66.7 Å². The van der Waals surface area contributed by atoms with Crippen molar-refractivity contribution in [1.29, 1.82) is 0 Å². The van der Waals surface area contributed by atoms with Crippen LogP contribution in [-0.2, 0) is 9.53 Å². The maximum Gasteiger partial charge on any atom is 0.142 e. The van der Waals surface area contributed by atoms with Gasteiger partial charge in [0.05, 0.1) is 28.8 Å². The highest BCUT2D eigenvalue weighted by molar-refractivity contribution is 5.88. The van der Waals surface area contributed by atoms with Gasteiger partial charge in [0.15, 0.2) is 0 Å². The summed E-state index contributed by atoms with van der Waals surface area (Å²) in [5.41, 5.74) is -1.90. The summed E-state index contributed by atoms with van der Waals surface area (Å²) >= 11 is 0. The number of aliphatic hydroxyl groups is 2. The van der Waals surface area contributed by atoms with Gasteiger partial charge in [0.25, 0.3) is 0 Å². The van der Waals surface area contributed by atoms with Crippen LogP contribution in [0.4, 0.5) is 0 Å². The highest BCUT2D eigenvalue weighted by atomic mass is 16.5. The Morgan fingerprint density at radius 2 is 1.88 bits per heavy atom. The Hall–Kier alpha value is -0.710. The second-order valence-corrected chi connectivity index (χ2v) is 9.33. The lowest BCUT2D eigenvalue weighted by molar-refractivity contribution is -0.243. The van der Waals surface area contributed by atoms with E-state index in [9.17, 15) is 15.0 Å². The van der Waals surface area contributed by atoms with Crippen molar-refractivity contribution in [1.82, 2.24) is 0 Å². The van der Waals surface area contributed by atoms with E-state index >= 15 is 0 Å². The van der Waals surface area contributed by atoms with Crippen molar-refractivity contribution >= 4 is 5.78 Å². The molecule has 3 aliphatic rings. The molecule has 3 fully saturated rings. The molecule has 0 spiro atoms. The molecule has 6 atom stereocenters. The highest BCUT2D eigenvalue weighted by Crippen LogP contribution is 2.66. The number of carbonyl (C=O) groups is 1. The third-order valence-electron chi connectivity index (χ3n) is 7.76. The number of Topliss-reactive ketones (excluding diaryl/α,β-unsaturated/α-hetero) is 1. The van der Waals surface area contributed by atoms with Crippen molar-refractivity contribution < 1.29 is 19.7 Å². The molecule has 0 unspecified atom stereocenters. The molecular weight excluding hydrogens is 304 g/mol. The van der Waals surface area contributed by atoms with E-state index in [2.05, 4.69) is 27.4 Å². The molecule has 3 rings (SSSR count). The molecule has 2 aliphatic carbocycles. The second-order valence-electron chi connectivity index (χ2n) is 9.33. The molecule has 0 aromatic heterocycles. The van der Waals surface area contributed by atoms with Gasteiger partial charge in [0.2, 0.25) is 0 Å². The average Bonchev–Trinajstić information content (AvgIpc) is 2.85. The van der Waals surface area contributed by atoms with Gasteiger partial charge in [0.1, 0.15) is 5.78 Å². The Balaban J connectivity index is 2.05. The molecule has 4 nitrogen and oxygen atoms in total. The minimum Gasteiger partial charge on any atom is -0.389 e. The van der Waals surface area contributed by atoms with Crippen molar-refractivity contribution in [3.8, 4) is 0 Å². The quantitative estimate of drug-likeness (QED) is 0.761. The fraction of sp³-hybridized carbons (Fsp3) is 0.850. The monoisotopic (exact) mass is 336 g/mol. The lowest BCUT2D eigenvalue weighted by Crippen LogP contribution is -2.70. The first-order valence-electron chi connectivity index (χ1n) is 9.19. The zero-order valence-electron chi connectivity index (χ0n) is 15.7. The highest BCUT2D eigenvalue weighted by Gasteiger charge is 2.72. The molecule has 1 saturated heterocycles. The van der Waals surface area contributed by atoms with Gasteiger partial charge < -0.3 is 14.9 Å². The van der Waals surface area contributed by atoms with E-state index in [4.69, 9.17) is 4.74 Å². The van der Waals surface area contributed by atoms with Gasteiger partial charge in [-0.1, -0.05) is 20.4 Å². The Bertz CT molecular complexity index is 580. The van der Waals surface area contributed by atoms with Gasteiger partial charge in [-0.25, -0.2) is 0 Å². The number of ether oxygens (including phenoxy) is 1. The largest absolute Gasteiger partial charge is 0.389 e. The first-order valence-corrected chi connectivity index (χ1v) is 9.19. The van der Waals surface area contributed by atoms with Crippen molar-refractivity contribution in [3.05, 3.63) is 12.2 Å². The van der Waals surface area contributed by atoms with Gasteiger partial charge in [-0.2, -0.15) is 0 Å². The summed E-state index contributed by atoms with van der Waals surface area (Å²) in [4.78, 5) is 13.1. The number of ketones is 1. The van der Waals surface area contributed by atoms with Crippen LogP contribution in [0.2, 0.25) is 0 Å². The zero-order chi connectivity index (χ0) is 18.1. The van der Waals surface area contributed by atoms with Gasteiger partial charge in [0, 0.05) is 12.3 Å². The van der Waals surface area contributed by atoms with Gasteiger partial charge in [-0.05, 0) is 57.4 Å². The predicted octanol–water partition coefficient (Wildman–Crippen LogP) is 3.01. The summed E-state index contributed by atoms with van der Waals surface area (Å²) in [7, 11) is 0. The minimum atomic E-state index is -1.01. The van der Waals surface area contributed by atoms with Crippen molar-refractivity contribution in [2.45, 2.75) is 90.1 Å². The van der Waals surface area contributed by atoms with Crippen molar-refractivity contribution in [2.24, 2.45) is 16.7 Å². The van der Waals surface area contributed by atoms with E-state index in [1.165, 1.54) is 0 Å². The SMILES string of the molecule is C=C([C@@H]1C[C@H]2[C@@](C)(CC[C@@]3(O)C(C)(C)CCC(=O)[C@]23C)O1)[C@@H](C)O. The van der Waals surface area contributed by atoms with Crippen molar-refractivity contribution in [2.75, 3.05) is 0 Å². The molecule has 136 valence electrons.